The van der Waals surface area contributed by atoms with Crippen molar-refractivity contribution in [2.24, 2.45) is 7.05 Å². The molecule has 1 amide bonds. The van der Waals surface area contributed by atoms with E-state index >= 15 is 0 Å². The maximum atomic E-state index is 13.0. The summed E-state index contributed by atoms with van der Waals surface area (Å²) >= 11 is 5.20. The van der Waals surface area contributed by atoms with E-state index in [1.165, 1.54) is 4.57 Å². The Morgan fingerprint density at radius 1 is 1.15 bits per heavy atom. The van der Waals surface area contributed by atoms with E-state index < -0.39 is 0 Å². The monoisotopic (exact) mass is 484 g/mol. The zero-order chi connectivity index (χ0) is 24.2. The molecule has 1 aliphatic heterocycles. The number of nitrogens with one attached hydrogen (secondary N) is 2. The van der Waals surface area contributed by atoms with E-state index in [0.717, 1.165) is 18.7 Å². The van der Waals surface area contributed by atoms with E-state index in [4.69, 9.17) is 26.4 Å². The largest absolute Gasteiger partial charge is 0.493 e. The highest BCUT2D eigenvalue weighted by molar-refractivity contribution is 7.71. The van der Waals surface area contributed by atoms with E-state index in [2.05, 4.69) is 15.2 Å². The molecule has 1 aromatic heterocycles. The van der Waals surface area contributed by atoms with Gasteiger partial charge in [0.2, 0.25) is 0 Å². The molecule has 9 nitrogen and oxygen atoms in total. The van der Waals surface area contributed by atoms with Crippen molar-refractivity contribution >= 4 is 29.0 Å². The number of hydrogen-bond donors (Lipinski definition) is 2. The van der Waals surface area contributed by atoms with E-state index in [-0.39, 0.29) is 17.5 Å². The molecule has 10 heteroatoms. The van der Waals surface area contributed by atoms with Crippen molar-refractivity contribution in [2.75, 3.05) is 47.1 Å². The number of ether oxygens (including phenoxy) is 3. The Morgan fingerprint density at radius 3 is 2.59 bits per heavy atom. The maximum absolute atomic E-state index is 13.0. The number of aromatic nitrogens is 2. The van der Waals surface area contributed by atoms with Gasteiger partial charge in [-0.1, -0.05) is 6.07 Å². The Balaban J connectivity index is 1.59. The van der Waals surface area contributed by atoms with Crippen LogP contribution in [0.4, 0.5) is 0 Å². The van der Waals surface area contributed by atoms with E-state index in [9.17, 15) is 9.59 Å². The van der Waals surface area contributed by atoms with Crippen LogP contribution in [0.1, 0.15) is 22.0 Å². The molecular weight excluding hydrogens is 456 g/mol. The molecule has 0 unspecified atom stereocenters. The summed E-state index contributed by atoms with van der Waals surface area (Å²) in [5, 5.41) is 3.53. The number of benzene rings is 2. The molecule has 1 atom stereocenters. The minimum atomic E-state index is -0.236. The lowest BCUT2D eigenvalue weighted by Gasteiger charge is -2.35. The van der Waals surface area contributed by atoms with Crippen molar-refractivity contribution in [1.82, 2.24) is 19.8 Å². The van der Waals surface area contributed by atoms with E-state index in [0.29, 0.717) is 52.5 Å². The predicted molar refractivity (Wildman–Crippen MR) is 131 cm³/mol. The van der Waals surface area contributed by atoms with Crippen LogP contribution < -0.4 is 20.3 Å². The zero-order valence-corrected chi connectivity index (χ0v) is 20.2. The SMILES string of the molecule is COc1ccc([C@@H](CNC(=O)c2ccc3c(=O)n(C)c(=S)[nH]c3c2)N2CCOCC2)cc1OC. The van der Waals surface area contributed by atoms with Gasteiger partial charge in [0.05, 0.1) is 44.4 Å². The third-order valence-electron chi connectivity index (χ3n) is 6.10. The number of H-pyrrole nitrogens is 1. The number of methoxy groups -OCH3 is 2. The van der Waals surface area contributed by atoms with Gasteiger partial charge in [0.1, 0.15) is 0 Å². The number of rotatable bonds is 7. The summed E-state index contributed by atoms with van der Waals surface area (Å²) in [6.45, 7) is 3.17. The molecule has 1 aliphatic rings. The summed E-state index contributed by atoms with van der Waals surface area (Å²) in [6.07, 6.45) is 0. The van der Waals surface area contributed by atoms with Gasteiger partial charge in [-0.2, -0.15) is 0 Å². The second kappa shape index (κ2) is 10.4. The van der Waals surface area contributed by atoms with Gasteiger partial charge in [0, 0.05) is 32.2 Å². The van der Waals surface area contributed by atoms with Gasteiger partial charge in [-0.3, -0.25) is 19.1 Å². The Labute approximate surface area is 202 Å². The van der Waals surface area contributed by atoms with Crippen LogP contribution in [0.15, 0.2) is 41.2 Å². The van der Waals surface area contributed by atoms with Crippen molar-refractivity contribution in [3.8, 4) is 11.5 Å². The van der Waals surface area contributed by atoms with Crippen LogP contribution in [0.3, 0.4) is 0 Å². The summed E-state index contributed by atoms with van der Waals surface area (Å²) in [4.78, 5) is 30.8. The van der Waals surface area contributed by atoms with Crippen LogP contribution in [0.25, 0.3) is 10.9 Å². The maximum Gasteiger partial charge on any atom is 0.261 e. The fraction of sp³-hybridized carbons (Fsp3) is 0.375. The van der Waals surface area contributed by atoms with Gasteiger partial charge in [0.25, 0.3) is 11.5 Å². The molecule has 2 N–H and O–H groups in total. The van der Waals surface area contributed by atoms with Crippen LogP contribution in [0, 0.1) is 4.77 Å². The first-order valence-corrected chi connectivity index (χ1v) is 11.4. The molecule has 0 spiro atoms. The van der Waals surface area contributed by atoms with Gasteiger partial charge in [-0.25, -0.2) is 0 Å². The smallest absolute Gasteiger partial charge is 0.261 e. The van der Waals surface area contributed by atoms with Gasteiger partial charge in [-0.15, -0.1) is 0 Å². The van der Waals surface area contributed by atoms with Gasteiger partial charge in [0.15, 0.2) is 16.3 Å². The second-order valence-corrected chi connectivity index (χ2v) is 8.43. The fourth-order valence-electron chi connectivity index (χ4n) is 4.15. The van der Waals surface area contributed by atoms with E-state index in [1.807, 2.05) is 18.2 Å². The number of nitrogens with zero attached hydrogens (tertiary/aromatic N) is 2. The molecule has 4 rings (SSSR count). The number of fused-ring (bicyclic) bond motifs is 1. The molecule has 180 valence electrons. The van der Waals surface area contributed by atoms with Crippen LogP contribution in [-0.2, 0) is 11.8 Å². The lowest BCUT2D eigenvalue weighted by atomic mass is 10.0. The quantitative estimate of drug-likeness (QED) is 0.497. The minimum absolute atomic E-state index is 0.0776. The average molecular weight is 485 g/mol. The Kier molecular flexibility index (Phi) is 7.30. The Bertz CT molecular complexity index is 1310. The number of carbonyl (C=O) groups is 1. The first kappa shape index (κ1) is 23.9. The Hall–Kier alpha value is -3.21. The van der Waals surface area contributed by atoms with Crippen LogP contribution in [0.5, 0.6) is 11.5 Å². The topological polar surface area (TPSA) is 97.8 Å². The molecule has 0 aliphatic carbocycles. The number of amides is 1. The number of carbonyl (C=O) groups excluding carboxylic acids is 1. The highest BCUT2D eigenvalue weighted by atomic mass is 32.1. The van der Waals surface area contributed by atoms with Crippen molar-refractivity contribution in [3.63, 3.8) is 0 Å². The molecule has 0 saturated carbocycles. The van der Waals surface area contributed by atoms with Crippen LogP contribution >= 0.6 is 12.2 Å². The highest BCUT2D eigenvalue weighted by Gasteiger charge is 2.24. The second-order valence-electron chi connectivity index (χ2n) is 8.04. The number of aromatic amines is 1. The van der Waals surface area contributed by atoms with Crippen molar-refractivity contribution in [1.29, 1.82) is 0 Å². The molecule has 2 aromatic carbocycles. The number of morpholine rings is 1. The molecule has 3 aromatic rings. The summed E-state index contributed by atoms with van der Waals surface area (Å²) < 4.78 is 18.0. The number of hydrogen-bond acceptors (Lipinski definition) is 7. The first-order chi connectivity index (χ1) is 16.4. The normalized spacial score (nSPS) is 15.1. The summed E-state index contributed by atoms with van der Waals surface area (Å²) in [5.74, 6) is 1.05. The fourth-order valence-corrected chi connectivity index (χ4v) is 4.34. The van der Waals surface area contributed by atoms with Gasteiger partial charge >= 0.3 is 0 Å². The van der Waals surface area contributed by atoms with Crippen molar-refractivity contribution in [2.45, 2.75) is 6.04 Å². The minimum Gasteiger partial charge on any atom is -0.493 e. The molecule has 1 saturated heterocycles. The zero-order valence-electron chi connectivity index (χ0n) is 19.4. The summed E-state index contributed by atoms with van der Waals surface area (Å²) in [7, 11) is 4.82. The molecule has 34 heavy (non-hydrogen) atoms. The summed E-state index contributed by atoms with van der Waals surface area (Å²) in [5.41, 5.74) is 1.78. The van der Waals surface area contributed by atoms with Crippen molar-refractivity contribution in [3.05, 3.63) is 62.6 Å². The third kappa shape index (κ3) is 4.84. The van der Waals surface area contributed by atoms with Gasteiger partial charge in [-0.05, 0) is 48.1 Å². The molecular formula is C24H28N4O5S. The Morgan fingerprint density at radius 2 is 1.88 bits per heavy atom. The van der Waals surface area contributed by atoms with Crippen LogP contribution in [-0.4, -0.2) is 67.4 Å². The van der Waals surface area contributed by atoms with Gasteiger partial charge < -0.3 is 24.5 Å². The van der Waals surface area contributed by atoms with E-state index in [1.54, 1.807) is 39.5 Å². The lowest BCUT2D eigenvalue weighted by Crippen LogP contribution is -2.43. The molecule has 0 radical (unpaired) electrons. The third-order valence-corrected chi connectivity index (χ3v) is 6.47. The highest BCUT2D eigenvalue weighted by Crippen LogP contribution is 2.32. The van der Waals surface area contributed by atoms with Crippen LogP contribution in [0.2, 0.25) is 0 Å². The molecule has 0 bridgehead atoms. The molecule has 1 fully saturated rings. The van der Waals surface area contributed by atoms with Crippen molar-refractivity contribution < 1.29 is 19.0 Å². The standard InChI is InChI=1S/C24H28N4O5S/c1-27-23(30)17-6-4-16(12-18(17)26-24(27)34)22(29)25-14-19(28-8-10-33-11-9-28)15-5-7-20(31-2)21(13-15)32-3/h4-7,12-13,19H,8-11,14H2,1-3H3,(H,25,29)(H,26,34)/t19-/m1/s1. The predicted octanol–water partition coefficient (Wildman–Crippen LogP) is 2.42. The lowest BCUT2D eigenvalue weighted by molar-refractivity contribution is 0.0162. The summed E-state index contributed by atoms with van der Waals surface area (Å²) in [6, 6.07) is 10.7. The average Bonchev–Trinajstić information content (AvgIpc) is 2.87. The molecule has 2 heterocycles. The first-order valence-electron chi connectivity index (χ1n) is 11.0.